The maximum atomic E-state index is 11.8. The molecule has 2 amide bonds. The summed E-state index contributed by atoms with van der Waals surface area (Å²) in [5.74, 6) is -0.274. The van der Waals surface area contributed by atoms with Crippen LogP contribution in [0, 0.1) is 0 Å². The summed E-state index contributed by atoms with van der Waals surface area (Å²) >= 11 is 0. The van der Waals surface area contributed by atoms with Crippen molar-refractivity contribution in [1.29, 1.82) is 0 Å². The first-order valence-corrected chi connectivity index (χ1v) is 6.72. The van der Waals surface area contributed by atoms with Crippen LogP contribution >= 0.6 is 0 Å². The third kappa shape index (κ3) is 5.40. The zero-order valence-corrected chi connectivity index (χ0v) is 12.2. The molecule has 1 aromatic rings. The van der Waals surface area contributed by atoms with Crippen LogP contribution < -0.4 is 10.6 Å². The molecule has 0 aliphatic heterocycles. The molecule has 0 saturated heterocycles. The van der Waals surface area contributed by atoms with E-state index in [-0.39, 0.29) is 17.9 Å². The molecule has 5 heteroatoms. The van der Waals surface area contributed by atoms with Gasteiger partial charge < -0.3 is 15.4 Å². The summed E-state index contributed by atoms with van der Waals surface area (Å²) in [5.41, 5.74) is 1.10. The predicted molar refractivity (Wildman–Crippen MR) is 77.9 cm³/mol. The number of rotatable bonds is 7. The molecule has 110 valence electrons. The van der Waals surface area contributed by atoms with Gasteiger partial charge in [-0.1, -0.05) is 0 Å². The summed E-state index contributed by atoms with van der Waals surface area (Å²) in [5, 5.41) is 5.60. The van der Waals surface area contributed by atoms with Gasteiger partial charge in [0, 0.05) is 37.4 Å². The Labute approximate surface area is 119 Å². The fraction of sp³-hybridized carbons (Fsp3) is 0.467. The van der Waals surface area contributed by atoms with Gasteiger partial charge in [-0.15, -0.1) is 0 Å². The Kier molecular flexibility index (Phi) is 6.73. The second-order valence-electron chi connectivity index (χ2n) is 4.81. The molecule has 0 atom stereocenters. The van der Waals surface area contributed by atoms with Gasteiger partial charge in [-0.05, 0) is 44.5 Å². The smallest absolute Gasteiger partial charge is 0.251 e. The molecule has 2 N–H and O–H groups in total. The van der Waals surface area contributed by atoms with Gasteiger partial charge in [0.05, 0.1) is 0 Å². The van der Waals surface area contributed by atoms with Crippen LogP contribution in [0.25, 0.3) is 0 Å². The Bertz CT molecular complexity index is 441. The van der Waals surface area contributed by atoms with Crippen LogP contribution in [-0.2, 0) is 4.74 Å². The highest BCUT2D eigenvalue weighted by Crippen LogP contribution is 2.05. The molecule has 0 bridgehead atoms. The molecule has 0 heterocycles. The maximum Gasteiger partial charge on any atom is 0.251 e. The van der Waals surface area contributed by atoms with Crippen molar-refractivity contribution in [3.8, 4) is 0 Å². The molecule has 1 rings (SSSR count). The fourth-order valence-electron chi connectivity index (χ4n) is 1.64. The molecular weight excluding hydrogens is 256 g/mol. The van der Waals surface area contributed by atoms with Crippen LogP contribution in [0.5, 0.6) is 0 Å². The number of benzene rings is 1. The van der Waals surface area contributed by atoms with Gasteiger partial charge in [-0.3, -0.25) is 9.59 Å². The van der Waals surface area contributed by atoms with Gasteiger partial charge in [-0.2, -0.15) is 0 Å². The Morgan fingerprint density at radius 2 is 1.65 bits per heavy atom. The quantitative estimate of drug-likeness (QED) is 0.744. The number of hydrogen-bond acceptors (Lipinski definition) is 3. The van der Waals surface area contributed by atoms with E-state index < -0.39 is 0 Å². The van der Waals surface area contributed by atoms with E-state index >= 15 is 0 Å². The van der Waals surface area contributed by atoms with Gasteiger partial charge in [0.25, 0.3) is 11.8 Å². The van der Waals surface area contributed by atoms with Crippen molar-refractivity contribution in [2.75, 3.05) is 20.3 Å². The number of nitrogens with one attached hydrogen (secondary N) is 2. The minimum Gasteiger partial charge on any atom is -0.385 e. The van der Waals surface area contributed by atoms with Crippen LogP contribution in [0.1, 0.15) is 41.0 Å². The van der Waals surface area contributed by atoms with E-state index in [2.05, 4.69) is 10.6 Å². The molecule has 0 fully saturated rings. The SMILES string of the molecule is COCCCNC(=O)c1ccc(C(=O)NC(C)C)cc1. The van der Waals surface area contributed by atoms with E-state index in [1.807, 2.05) is 13.8 Å². The minimum absolute atomic E-state index is 0.0891. The van der Waals surface area contributed by atoms with Crippen molar-refractivity contribution in [1.82, 2.24) is 10.6 Å². The third-order valence-corrected chi connectivity index (χ3v) is 2.64. The molecule has 0 radical (unpaired) electrons. The molecule has 0 aromatic heterocycles. The predicted octanol–water partition coefficient (Wildman–Crippen LogP) is 1.59. The molecule has 0 spiro atoms. The van der Waals surface area contributed by atoms with Gasteiger partial charge >= 0.3 is 0 Å². The molecule has 0 saturated carbocycles. The number of carbonyl (C=O) groups excluding carboxylic acids is 2. The van der Waals surface area contributed by atoms with Crippen LogP contribution in [0.15, 0.2) is 24.3 Å². The first-order valence-electron chi connectivity index (χ1n) is 6.72. The number of methoxy groups -OCH3 is 1. The normalized spacial score (nSPS) is 10.4. The Hall–Kier alpha value is -1.88. The highest BCUT2D eigenvalue weighted by atomic mass is 16.5. The molecular formula is C15H22N2O3. The molecule has 0 aliphatic carbocycles. The number of carbonyl (C=O) groups is 2. The monoisotopic (exact) mass is 278 g/mol. The zero-order valence-electron chi connectivity index (χ0n) is 12.2. The van der Waals surface area contributed by atoms with Crippen molar-refractivity contribution in [3.63, 3.8) is 0 Å². The Morgan fingerprint density at radius 1 is 1.10 bits per heavy atom. The summed E-state index contributed by atoms with van der Waals surface area (Å²) < 4.78 is 4.91. The van der Waals surface area contributed by atoms with Gasteiger partial charge in [-0.25, -0.2) is 0 Å². The lowest BCUT2D eigenvalue weighted by Crippen LogP contribution is -2.30. The second kappa shape index (κ2) is 8.32. The Morgan fingerprint density at radius 3 is 2.15 bits per heavy atom. The van der Waals surface area contributed by atoms with Crippen molar-refractivity contribution in [2.24, 2.45) is 0 Å². The largest absolute Gasteiger partial charge is 0.385 e. The van der Waals surface area contributed by atoms with E-state index in [1.54, 1.807) is 31.4 Å². The van der Waals surface area contributed by atoms with Crippen LogP contribution in [0.4, 0.5) is 0 Å². The first kappa shape index (κ1) is 16.2. The Balaban J connectivity index is 2.53. The number of hydrogen-bond donors (Lipinski definition) is 2. The fourth-order valence-corrected chi connectivity index (χ4v) is 1.64. The lowest BCUT2D eigenvalue weighted by atomic mass is 10.1. The van der Waals surface area contributed by atoms with Gasteiger partial charge in [0.1, 0.15) is 0 Å². The average molecular weight is 278 g/mol. The van der Waals surface area contributed by atoms with Gasteiger partial charge in [0.2, 0.25) is 0 Å². The summed E-state index contributed by atoms with van der Waals surface area (Å²) in [6, 6.07) is 6.71. The topological polar surface area (TPSA) is 67.4 Å². The first-order chi connectivity index (χ1) is 9.54. The third-order valence-electron chi connectivity index (χ3n) is 2.64. The second-order valence-corrected chi connectivity index (χ2v) is 4.81. The van der Waals surface area contributed by atoms with Crippen molar-refractivity contribution in [2.45, 2.75) is 26.3 Å². The molecule has 0 aliphatic rings. The van der Waals surface area contributed by atoms with Crippen LogP contribution in [0.2, 0.25) is 0 Å². The lowest BCUT2D eigenvalue weighted by Gasteiger charge is -2.09. The number of amides is 2. The van der Waals surface area contributed by atoms with Crippen LogP contribution in [-0.4, -0.2) is 38.1 Å². The highest BCUT2D eigenvalue weighted by Gasteiger charge is 2.09. The van der Waals surface area contributed by atoms with E-state index in [4.69, 9.17) is 4.74 Å². The lowest BCUT2D eigenvalue weighted by molar-refractivity contribution is 0.0933. The zero-order chi connectivity index (χ0) is 15.0. The minimum atomic E-state index is -0.142. The molecule has 0 unspecified atom stereocenters. The van der Waals surface area contributed by atoms with Crippen LogP contribution in [0.3, 0.4) is 0 Å². The maximum absolute atomic E-state index is 11.8. The summed E-state index contributed by atoms with van der Waals surface area (Å²) in [6.45, 7) is 5.00. The van der Waals surface area contributed by atoms with E-state index in [1.165, 1.54) is 0 Å². The van der Waals surface area contributed by atoms with Crippen molar-refractivity contribution in [3.05, 3.63) is 35.4 Å². The summed E-state index contributed by atoms with van der Waals surface area (Å²) in [7, 11) is 1.63. The summed E-state index contributed by atoms with van der Waals surface area (Å²) in [4.78, 5) is 23.6. The van der Waals surface area contributed by atoms with Gasteiger partial charge in [0.15, 0.2) is 0 Å². The van der Waals surface area contributed by atoms with Crippen molar-refractivity contribution < 1.29 is 14.3 Å². The average Bonchev–Trinajstić information content (AvgIpc) is 2.43. The van der Waals surface area contributed by atoms with Crippen molar-refractivity contribution >= 4 is 11.8 Å². The van der Waals surface area contributed by atoms with E-state index in [0.717, 1.165) is 6.42 Å². The summed E-state index contributed by atoms with van der Waals surface area (Å²) in [6.07, 6.45) is 0.775. The molecule has 5 nitrogen and oxygen atoms in total. The molecule has 1 aromatic carbocycles. The molecule has 20 heavy (non-hydrogen) atoms. The number of ether oxygens (including phenoxy) is 1. The standard InChI is InChI=1S/C15H22N2O3/c1-11(2)17-15(19)13-7-5-12(6-8-13)14(18)16-9-4-10-20-3/h5-8,11H,4,9-10H2,1-3H3,(H,16,18)(H,17,19). The van der Waals surface area contributed by atoms with E-state index in [0.29, 0.717) is 24.3 Å². The highest BCUT2D eigenvalue weighted by molar-refractivity contribution is 5.97. The van der Waals surface area contributed by atoms with E-state index in [9.17, 15) is 9.59 Å².